The number of hydrogen-bond acceptors (Lipinski definition) is 3. The molecule has 1 unspecified atom stereocenters. The van der Waals surface area contributed by atoms with Crippen LogP contribution in [0.4, 0.5) is 0 Å². The molecule has 1 saturated heterocycles. The van der Waals surface area contributed by atoms with Gasteiger partial charge in [0.2, 0.25) is 0 Å². The molecule has 0 saturated carbocycles. The van der Waals surface area contributed by atoms with Gasteiger partial charge in [0.25, 0.3) is 0 Å². The van der Waals surface area contributed by atoms with E-state index in [1.165, 1.54) is 44.0 Å². The van der Waals surface area contributed by atoms with Crippen LogP contribution in [-0.4, -0.2) is 27.9 Å². The van der Waals surface area contributed by atoms with Crippen LogP contribution in [0, 0.1) is 11.8 Å². The molecule has 0 aliphatic carbocycles. The fraction of sp³-hybridized carbons (Fsp3) is 0.846. The molecular formula is C13H22N4. The molecule has 0 amide bonds. The van der Waals surface area contributed by atoms with Crippen molar-refractivity contribution < 1.29 is 0 Å². The Morgan fingerprint density at radius 3 is 2.88 bits per heavy atom. The highest BCUT2D eigenvalue weighted by molar-refractivity contribution is 5.01. The average molecular weight is 234 g/mol. The van der Waals surface area contributed by atoms with E-state index in [1.54, 1.807) is 0 Å². The van der Waals surface area contributed by atoms with Gasteiger partial charge in [-0.3, -0.25) is 0 Å². The van der Waals surface area contributed by atoms with E-state index in [-0.39, 0.29) is 0 Å². The summed E-state index contributed by atoms with van der Waals surface area (Å²) in [5.74, 6) is 4.04. The second-order valence-electron chi connectivity index (χ2n) is 5.68. The molecule has 2 aliphatic rings. The minimum atomic E-state index is 0.776. The average Bonchev–Trinajstić information content (AvgIpc) is 2.73. The molecule has 0 aromatic carbocycles. The largest absolute Gasteiger partial charge is 0.317 e. The number of fused-ring (bicyclic) bond motifs is 1. The third kappa shape index (κ3) is 2.37. The second kappa shape index (κ2) is 4.77. The molecule has 0 radical (unpaired) electrons. The number of nitrogens with one attached hydrogen (secondary N) is 1. The van der Waals surface area contributed by atoms with E-state index in [9.17, 15) is 0 Å². The summed E-state index contributed by atoms with van der Waals surface area (Å²) < 4.78 is 2.38. The molecule has 1 atom stereocenters. The lowest BCUT2D eigenvalue weighted by molar-refractivity contribution is 0.352. The lowest BCUT2D eigenvalue weighted by Gasteiger charge is -2.24. The van der Waals surface area contributed by atoms with Gasteiger partial charge in [-0.15, -0.1) is 10.2 Å². The Morgan fingerprint density at radius 1 is 1.24 bits per heavy atom. The van der Waals surface area contributed by atoms with Crippen molar-refractivity contribution in [2.45, 2.75) is 45.6 Å². The first kappa shape index (κ1) is 11.2. The maximum Gasteiger partial charge on any atom is 0.133 e. The van der Waals surface area contributed by atoms with Crippen molar-refractivity contribution >= 4 is 0 Å². The standard InChI is InChI=1S/C13H22N4/c1-10-4-7-17-12(8-10)15-16-13(17)9-11-2-5-14-6-3-11/h10-11,14H,2-9H2,1H3. The summed E-state index contributed by atoms with van der Waals surface area (Å²) in [5.41, 5.74) is 0. The van der Waals surface area contributed by atoms with E-state index in [0.29, 0.717) is 0 Å². The van der Waals surface area contributed by atoms with E-state index < -0.39 is 0 Å². The first-order chi connectivity index (χ1) is 8.33. The fourth-order valence-corrected chi connectivity index (χ4v) is 3.04. The van der Waals surface area contributed by atoms with Crippen LogP contribution in [0.1, 0.15) is 37.8 Å². The first-order valence-corrected chi connectivity index (χ1v) is 6.94. The van der Waals surface area contributed by atoms with Crippen LogP contribution < -0.4 is 5.32 Å². The summed E-state index contributed by atoms with van der Waals surface area (Å²) in [4.78, 5) is 0. The second-order valence-corrected chi connectivity index (χ2v) is 5.68. The zero-order chi connectivity index (χ0) is 11.7. The van der Waals surface area contributed by atoms with Gasteiger partial charge in [0, 0.05) is 19.4 Å². The molecule has 1 aromatic heterocycles. The molecule has 1 fully saturated rings. The molecule has 3 rings (SSSR count). The first-order valence-electron chi connectivity index (χ1n) is 6.94. The molecule has 3 heterocycles. The van der Waals surface area contributed by atoms with Crippen molar-refractivity contribution in [1.82, 2.24) is 20.1 Å². The van der Waals surface area contributed by atoms with Crippen LogP contribution in [0.2, 0.25) is 0 Å². The predicted molar refractivity (Wildman–Crippen MR) is 66.8 cm³/mol. The normalized spacial score (nSPS) is 25.8. The highest BCUT2D eigenvalue weighted by Gasteiger charge is 2.22. The maximum atomic E-state index is 4.42. The zero-order valence-corrected chi connectivity index (χ0v) is 10.7. The van der Waals surface area contributed by atoms with Crippen LogP contribution in [0.3, 0.4) is 0 Å². The summed E-state index contributed by atoms with van der Waals surface area (Å²) in [5, 5.41) is 12.2. The van der Waals surface area contributed by atoms with Gasteiger partial charge < -0.3 is 9.88 Å². The molecule has 1 N–H and O–H groups in total. The Balaban J connectivity index is 1.71. The predicted octanol–water partition coefficient (Wildman–Crippen LogP) is 1.40. The molecule has 1 aromatic rings. The third-order valence-electron chi connectivity index (χ3n) is 4.21. The number of aromatic nitrogens is 3. The highest BCUT2D eigenvalue weighted by atomic mass is 15.3. The van der Waals surface area contributed by atoms with Crippen LogP contribution in [-0.2, 0) is 19.4 Å². The number of rotatable bonds is 2. The zero-order valence-electron chi connectivity index (χ0n) is 10.7. The van der Waals surface area contributed by atoms with Gasteiger partial charge in [-0.25, -0.2) is 0 Å². The van der Waals surface area contributed by atoms with E-state index >= 15 is 0 Å². The molecule has 0 spiro atoms. The summed E-state index contributed by atoms with van der Waals surface area (Å²) in [6.45, 7) is 5.78. The van der Waals surface area contributed by atoms with Crippen LogP contribution in [0.5, 0.6) is 0 Å². The summed E-state index contributed by atoms with van der Waals surface area (Å²) in [6.07, 6.45) is 6.10. The van der Waals surface area contributed by atoms with Crippen LogP contribution >= 0.6 is 0 Å². The molecule has 94 valence electrons. The minimum Gasteiger partial charge on any atom is -0.317 e. The van der Waals surface area contributed by atoms with Gasteiger partial charge in [0.05, 0.1) is 0 Å². The molecule has 2 aliphatic heterocycles. The lowest BCUT2D eigenvalue weighted by Crippen LogP contribution is -2.29. The SMILES string of the molecule is CC1CCn2c(nnc2CC2CCNCC2)C1. The minimum absolute atomic E-state index is 0.776. The topological polar surface area (TPSA) is 42.7 Å². The van der Waals surface area contributed by atoms with E-state index in [0.717, 1.165) is 31.2 Å². The Kier molecular flexibility index (Phi) is 3.14. The summed E-state index contributed by atoms with van der Waals surface area (Å²) in [7, 11) is 0. The molecule has 0 bridgehead atoms. The number of hydrogen-bond donors (Lipinski definition) is 1. The van der Waals surface area contributed by atoms with Crippen LogP contribution in [0.15, 0.2) is 0 Å². The van der Waals surface area contributed by atoms with Gasteiger partial charge >= 0.3 is 0 Å². The van der Waals surface area contributed by atoms with Gasteiger partial charge in [-0.2, -0.15) is 0 Å². The van der Waals surface area contributed by atoms with Crippen LogP contribution in [0.25, 0.3) is 0 Å². The quantitative estimate of drug-likeness (QED) is 0.841. The molecule has 4 nitrogen and oxygen atoms in total. The summed E-state index contributed by atoms with van der Waals surface area (Å²) in [6, 6.07) is 0. The molecule has 17 heavy (non-hydrogen) atoms. The third-order valence-corrected chi connectivity index (χ3v) is 4.21. The van der Waals surface area contributed by atoms with Crippen molar-refractivity contribution in [3.05, 3.63) is 11.6 Å². The monoisotopic (exact) mass is 234 g/mol. The Labute approximate surface area is 103 Å². The molecule has 4 heteroatoms. The van der Waals surface area contributed by atoms with E-state index in [4.69, 9.17) is 0 Å². The van der Waals surface area contributed by atoms with E-state index in [1.807, 2.05) is 0 Å². The number of nitrogens with zero attached hydrogens (tertiary/aromatic N) is 3. The van der Waals surface area contributed by atoms with Crippen molar-refractivity contribution in [1.29, 1.82) is 0 Å². The van der Waals surface area contributed by atoms with Gasteiger partial charge in [0.1, 0.15) is 11.6 Å². The number of piperidine rings is 1. The summed E-state index contributed by atoms with van der Waals surface area (Å²) >= 11 is 0. The fourth-order valence-electron chi connectivity index (χ4n) is 3.04. The Hall–Kier alpha value is -0.900. The molecular weight excluding hydrogens is 212 g/mol. The van der Waals surface area contributed by atoms with Crippen molar-refractivity contribution in [2.75, 3.05) is 13.1 Å². The van der Waals surface area contributed by atoms with Gasteiger partial charge in [-0.1, -0.05) is 6.92 Å². The van der Waals surface area contributed by atoms with Crippen molar-refractivity contribution in [3.63, 3.8) is 0 Å². The maximum absolute atomic E-state index is 4.42. The Bertz CT molecular complexity index is 379. The lowest BCUT2D eigenvalue weighted by atomic mass is 9.94. The van der Waals surface area contributed by atoms with Gasteiger partial charge in [-0.05, 0) is 44.2 Å². The highest BCUT2D eigenvalue weighted by Crippen LogP contribution is 2.23. The van der Waals surface area contributed by atoms with Gasteiger partial charge in [0.15, 0.2) is 0 Å². The Morgan fingerprint density at radius 2 is 2.06 bits per heavy atom. The van der Waals surface area contributed by atoms with Crippen molar-refractivity contribution in [3.8, 4) is 0 Å². The van der Waals surface area contributed by atoms with Crippen molar-refractivity contribution in [2.24, 2.45) is 11.8 Å². The van der Waals surface area contributed by atoms with E-state index in [2.05, 4.69) is 27.0 Å². The smallest absolute Gasteiger partial charge is 0.133 e.